The standard InChI is InChI=1S/C23H30N4.C3H8.C2H6/c1-9-10-23(27(8)20(7)16(2)3)26-19(6)18(5)25-15-22-12-11-21(14-24)13-17(22)4;1-3-2;1-2/h9-13,20,25H,1-2,5,15H2,3-4,6-8H3;3H2,1-2H3;1-2H3/b23-10-,26-19+;;. The highest BCUT2D eigenvalue weighted by molar-refractivity contribution is 5.97. The van der Waals surface area contributed by atoms with Crippen LogP contribution in [-0.4, -0.2) is 23.7 Å². The van der Waals surface area contributed by atoms with Crippen LogP contribution in [0, 0.1) is 18.3 Å². The number of hydrogen-bond donors (Lipinski definition) is 1. The summed E-state index contributed by atoms with van der Waals surface area (Å²) in [6.07, 6.45) is 4.85. The number of nitrogens with one attached hydrogen (secondary N) is 1. The summed E-state index contributed by atoms with van der Waals surface area (Å²) < 4.78 is 0. The van der Waals surface area contributed by atoms with Gasteiger partial charge in [-0.1, -0.05) is 71.6 Å². The fourth-order valence-corrected chi connectivity index (χ4v) is 2.40. The molecule has 0 heterocycles. The molecule has 0 aromatic heterocycles. The van der Waals surface area contributed by atoms with Gasteiger partial charge in [0.25, 0.3) is 0 Å². The molecular formula is C28H44N4. The van der Waals surface area contributed by atoms with Crippen molar-refractivity contribution in [2.24, 2.45) is 4.99 Å². The highest BCUT2D eigenvalue weighted by atomic mass is 15.2. The third kappa shape index (κ3) is 11.4. The number of aliphatic imine (C=N–C) groups is 1. The van der Waals surface area contributed by atoms with Gasteiger partial charge in [-0.15, -0.1) is 0 Å². The predicted molar refractivity (Wildman–Crippen MR) is 143 cm³/mol. The van der Waals surface area contributed by atoms with Crippen LogP contribution in [0.15, 0.2) is 72.2 Å². The van der Waals surface area contributed by atoms with Crippen molar-refractivity contribution in [1.82, 2.24) is 10.2 Å². The molecule has 0 aliphatic rings. The average molecular weight is 437 g/mol. The Bertz CT molecular complexity index is 837. The van der Waals surface area contributed by atoms with Crippen molar-refractivity contribution in [2.45, 2.75) is 74.4 Å². The molecule has 0 saturated heterocycles. The van der Waals surface area contributed by atoms with Crippen LogP contribution in [0.2, 0.25) is 0 Å². The lowest BCUT2D eigenvalue weighted by atomic mass is 10.1. The summed E-state index contributed by atoms with van der Waals surface area (Å²) in [6, 6.07) is 8.00. The van der Waals surface area contributed by atoms with Gasteiger partial charge in [-0.3, -0.25) is 0 Å². The Hall–Kier alpha value is -3.06. The molecule has 32 heavy (non-hydrogen) atoms. The lowest BCUT2D eigenvalue weighted by Crippen LogP contribution is -2.29. The van der Waals surface area contributed by atoms with Crippen molar-refractivity contribution < 1.29 is 0 Å². The third-order valence-corrected chi connectivity index (χ3v) is 4.61. The first kappa shape index (κ1) is 31.1. The van der Waals surface area contributed by atoms with Gasteiger partial charge in [-0.25, -0.2) is 4.99 Å². The highest BCUT2D eigenvalue weighted by Gasteiger charge is 2.13. The molecule has 4 nitrogen and oxygen atoms in total. The van der Waals surface area contributed by atoms with E-state index in [4.69, 9.17) is 10.3 Å². The summed E-state index contributed by atoms with van der Waals surface area (Å²) in [5.41, 5.74) is 5.49. The second-order valence-corrected chi connectivity index (χ2v) is 7.38. The van der Waals surface area contributed by atoms with E-state index in [-0.39, 0.29) is 6.04 Å². The van der Waals surface area contributed by atoms with Crippen LogP contribution in [-0.2, 0) is 6.54 Å². The van der Waals surface area contributed by atoms with Crippen LogP contribution in [0.3, 0.4) is 0 Å². The highest BCUT2D eigenvalue weighted by Crippen LogP contribution is 2.15. The second kappa shape index (κ2) is 17.6. The fourth-order valence-electron chi connectivity index (χ4n) is 2.40. The zero-order valence-corrected chi connectivity index (χ0v) is 21.8. The van der Waals surface area contributed by atoms with E-state index in [0.717, 1.165) is 33.9 Å². The molecule has 0 radical (unpaired) electrons. The Morgan fingerprint density at radius 1 is 1.25 bits per heavy atom. The van der Waals surface area contributed by atoms with E-state index in [1.54, 1.807) is 6.08 Å². The van der Waals surface area contributed by atoms with E-state index in [1.807, 2.05) is 65.9 Å². The van der Waals surface area contributed by atoms with Crippen molar-refractivity contribution in [2.75, 3.05) is 7.05 Å². The number of aryl methyl sites for hydroxylation is 1. The van der Waals surface area contributed by atoms with Gasteiger partial charge in [-0.05, 0) is 57.0 Å². The number of nitriles is 1. The van der Waals surface area contributed by atoms with Crippen molar-refractivity contribution in [3.63, 3.8) is 0 Å². The normalized spacial score (nSPS) is 11.5. The van der Waals surface area contributed by atoms with Gasteiger partial charge in [0, 0.05) is 25.3 Å². The maximum atomic E-state index is 8.97. The average Bonchev–Trinajstić information content (AvgIpc) is 2.78. The minimum Gasteiger partial charge on any atom is -0.380 e. The molecule has 1 unspecified atom stereocenters. The van der Waals surface area contributed by atoms with Gasteiger partial charge < -0.3 is 10.2 Å². The fraction of sp³-hybridized carbons (Fsp3) is 0.429. The molecule has 1 aromatic carbocycles. The number of allylic oxidation sites excluding steroid dienone is 3. The molecule has 0 spiro atoms. The molecular weight excluding hydrogens is 392 g/mol. The molecule has 1 atom stereocenters. The van der Waals surface area contributed by atoms with Crippen LogP contribution in [0.5, 0.6) is 0 Å². The quantitative estimate of drug-likeness (QED) is 0.251. The zero-order chi connectivity index (χ0) is 25.3. The molecule has 176 valence electrons. The maximum absolute atomic E-state index is 8.97. The molecule has 0 saturated carbocycles. The minimum atomic E-state index is 0.162. The van der Waals surface area contributed by atoms with Gasteiger partial charge in [0.1, 0.15) is 5.82 Å². The Morgan fingerprint density at radius 2 is 1.81 bits per heavy atom. The van der Waals surface area contributed by atoms with Crippen molar-refractivity contribution in [1.29, 1.82) is 5.26 Å². The molecule has 0 amide bonds. The Morgan fingerprint density at radius 3 is 2.25 bits per heavy atom. The number of benzene rings is 1. The van der Waals surface area contributed by atoms with Crippen molar-refractivity contribution in [3.8, 4) is 6.07 Å². The molecule has 0 aliphatic heterocycles. The van der Waals surface area contributed by atoms with E-state index in [9.17, 15) is 0 Å². The summed E-state index contributed by atoms with van der Waals surface area (Å²) in [4.78, 5) is 6.78. The van der Waals surface area contributed by atoms with E-state index in [1.165, 1.54) is 6.42 Å². The van der Waals surface area contributed by atoms with Crippen molar-refractivity contribution in [3.05, 3.63) is 83.9 Å². The lowest BCUT2D eigenvalue weighted by molar-refractivity contribution is 0.357. The summed E-state index contributed by atoms with van der Waals surface area (Å²) in [7, 11) is 1.99. The van der Waals surface area contributed by atoms with Crippen LogP contribution in [0.1, 0.15) is 71.6 Å². The summed E-state index contributed by atoms with van der Waals surface area (Å²) in [5.74, 6) is 0.801. The Kier molecular flexibility index (Phi) is 17.1. The summed E-state index contributed by atoms with van der Waals surface area (Å²) in [5, 5.41) is 12.3. The third-order valence-electron chi connectivity index (χ3n) is 4.61. The molecule has 0 aliphatic carbocycles. The molecule has 0 bridgehead atoms. The van der Waals surface area contributed by atoms with Gasteiger partial charge in [0.15, 0.2) is 0 Å². The van der Waals surface area contributed by atoms with Gasteiger partial charge in [0.05, 0.1) is 17.3 Å². The topological polar surface area (TPSA) is 51.4 Å². The Balaban J connectivity index is 0. The van der Waals surface area contributed by atoms with E-state index in [0.29, 0.717) is 12.1 Å². The monoisotopic (exact) mass is 436 g/mol. The van der Waals surface area contributed by atoms with Crippen LogP contribution in [0.25, 0.3) is 0 Å². The van der Waals surface area contributed by atoms with Gasteiger partial charge in [0.2, 0.25) is 0 Å². The maximum Gasteiger partial charge on any atom is 0.129 e. The second-order valence-electron chi connectivity index (χ2n) is 7.38. The molecule has 0 fully saturated rings. The zero-order valence-electron chi connectivity index (χ0n) is 21.8. The van der Waals surface area contributed by atoms with Crippen molar-refractivity contribution >= 4 is 5.71 Å². The number of rotatable bonds is 9. The predicted octanol–water partition coefficient (Wildman–Crippen LogP) is 7.30. The first-order valence-electron chi connectivity index (χ1n) is 11.3. The molecule has 1 aromatic rings. The van der Waals surface area contributed by atoms with Crippen LogP contribution < -0.4 is 5.32 Å². The van der Waals surface area contributed by atoms with E-state index in [2.05, 4.69) is 56.8 Å². The van der Waals surface area contributed by atoms with Gasteiger partial charge >= 0.3 is 0 Å². The molecule has 4 heteroatoms. The summed E-state index contributed by atoms with van der Waals surface area (Å²) >= 11 is 0. The number of hydrogen-bond acceptors (Lipinski definition) is 4. The molecule has 1 rings (SSSR count). The first-order chi connectivity index (χ1) is 15.1. The lowest BCUT2D eigenvalue weighted by Gasteiger charge is -2.27. The van der Waals surface area contributed by atoms with Crippen LogP contribution >= 0.6 is 0 Å². The Labute approximate surface area is 197 Å². The first-order valence-corrected chi connectivity index (χ1v) is 11.3. The SMILES string of the molecule is C=C/C=C(/N=C(\C)C(=C)NCc1ccc(C#N)cc1C)N(C)C(C)C(=C)C.CC.CCC. The molecule has 1 N–H and O–H groups in total. The number of nitrogens with zero attached hydrogens (tertiary/aromatic N) is 3. The number of likely N-dealkylation sites (N-methyl/N-ethyl adjacent to an activating group) is 1. The summed E-state index contributed by atoms with van der Waals surface area (Å²) in [6.45, 7) is 28.8. The minimum absolute atomic E-state index is 0.162. The smallest absolute Gasteiger partial charge is 0.129 e. The van der Waals surface area contributed by atoms with E-state index < -0.39 is 0 Å². The van der Waals surface area contributed by atoms with E-state index >= 15 is 0 Å². The largest absolute Gasteiger partial charge is 0.380 e. The van der Waals surface area contributed by atoms with Crippen LogP contribution in [0.4, 0.5) is 0 Å². The van der Waals surface area contributed by atoms with Gasteiger partial charge in [-0.2, -0.15) is 5.26 Å².